The number of rotatable bonds is 5. The van der Waals surface area contributed by atoms with Crippen LogP contribution in [-0.2, 0) is 0 Å². The van der Waals surface area contributed by atoms with Crippen LogP contribution in [0.25, 0.3) is 0 Å². The highest BCUT2D eigenvalue weighted by atomic mass is 16.6. The number of hydrogen-bond donors (Lipinski definition) is 2. The summed E-state index contributed by atoms with van der Waals surface area (Å²) < 4.78 is 0. The number of pyridine rings is 2. The molecule has 0 aliphatic carbocycles. The number of carbonyl (C=O) groups is 2. The Balaban J connectivity index is 1.90. The second-order valence-electron chi connectivity index (χ2n) is 6.26. The number of nitro benzene ring substituents is 1. The van der Waals surface area contributed by atoms with Gasteiger partial charge in [-0.2, -0.15) is 0 Å². The average molecular weight is 391 g/mol. The van der Waals surface area contributed by atoms with Crippen LogP contribution in [0.3, 0.4) is 0 Å². The van der Waals surface area contributed by atoms with Crippen LogP contribution in [0.4, 0.5) is 17.3 Å². The van der Waals surface area contributed by atoms with Gasteiger partial charge in [-0.25, -0.2) is 9.97 Å². The Morgan fingerprint density at radius 1 is 0.828 bits per heavy atom. The minimum Gasteiger partial charge on any atom is -0.307 e. The topological polar surface area (TPSA) is 127 Å². The molecule has 146 valence electrons. The highest BCUT2D eigenvalue weighted by molar-refractivity contribution is 6.09. The molecular weight excluding hydrogens is 374 g/mol. The third-order valence-corrected chi connectivity index (χ3v) is 3.91. The summed E-state index contributed by atoms with van der Waals surface area (Å²) in [5, 5.41) is 16.4. The largest absolute Gasteiger partial charge is 0.307 e. The predicted molar refractivity (Wildman–Crippen MR) is 107 cm³/mol. The molecule has 2 amide bonds. The fourth-order valence-corrected chi connectivity index (χ4v) is 2.58. The van der Waals surface area contributed by atoms with Crippen molar-refractivity contribution in [2.45, 2.75) is 13.8 Å². The maximum Gasteiger partial charge on any atom is 0.271 e. The first-order valence-electron chi connectivity index (χ1n) is 8.61. The van der Waals surface area contributed by atoms with E-state index in [1.807, 2.05) is 0 Å². The summed E-state index contributed by atoms with van der Waals surface area (Å²) in [6.07, 6.45) is 0. The molecule has 29 heavy (non-hydrogen) atoms. The Bertz CT molecular complexity index is 1040. The number of nitro groups is 1. The number of nitrogens with one attached hydrogen (secondary N) is 2. The zero-order chi connectivity index (χ0) is 21.0. The molecule has 9 nitrogen and oxygen atoms in total. The van der Waals surface area contributed by atoms with E-state index in [1.54, 1.807) is 50.2 Å². The molecule has 3 aromatic rings. The van der Waals surface area contributed by atoms with Gasteiger partial charge in [0.2, 0.25) is 0 Å². The molecule has 3 rings (SSSR count). The lowest BCUT2D eigenvalue weighted by Crippen LogP contribution is -2.17. The van der Waals surface area contributed by atoms with E-state index < -0.39 is 16.7 Å². The minimum absolute atomic E-state index is 0.0372. The summed E-state index contributed by atoms with van der Waals surface area (Å²) >= 11 is 0. The minimum atomic E-state index is -0.663. The lowest BCUT2D eigenvalue weighted by Gasteiger charge is -2.08. The lowest BCUT2D eigenvalue weighted by atomic mass is 10.1. The van der Waals surface area contributed by atoms with E-state index in [0.717, 1.165) is 12.1 Å². The SMILES string of the molecule is Cc1cccc(NC(=O)c2cc(C(=O)Nc3cccc(C)n3)cc([N+](=O)[O-])c2)n1. The van der Waals surface area contributed by atoms with Crippen molar-refractivity contribution in [1.29, 1.82) is 0 Å². The molecule has 0 unspecified atom stereocenters. The molecular formula is C20H17N5O4. The van der Waals surface area contributed by atoms with E-state index in [0.29, 0.717) is 23.0 Å². The maximum atomic E-state index is 12.6. The van der Waals surface area contributed by atoms with Crippen LogP contribution in [0, 0.1) is 24.0 Å². The molecule has 2 heterocycles. The van der Waals surface area contributed by atoms with Crippen LogP contribution in [0.2, 0.25) is 0 Å². The molecule has 0 atom stereocenters. The first-order valence-corrected chi connectivity index (χ1v) is 8.61. The highest BCUT2D eigenvalue weighted by Gasteiger charge is 2.19. The van der Waals surface area contributed by atoms with Crippen molar-refractivity contribution in [2.24, 2.45) is 0 Å². The van der Waals surface area contributed by atoms with Gasteiger partial charge in [0.15, 0.2) is 0 Å². The van der Waals surface area contributed by atoms with Crippen LogP contribution >= 0.6 is 0 Å². The monoisotopic (exact) mass is 391 g/mol. The van der Waals surface area contributed by atoms with Gasteiger partial charge in [0.1, 0.15) is 11.6 Å². The smallest absolute Gasteiger partial charge is 0.271 e. The van der Waals surface area contributed by atoms with E-state index in [9.17, 15) is 19.7 Å². The number of anilines is 2. The van der Waals surface area contributed by atoms with Gasteiger partial charge in [0.25, 0.3) is 17.5 Å². The molecule has 2 aromatic heterocycles. The maximum absolute atomic E-state index is 12.6. The third-order valence-electron chi connectivity index (χ3n) is 3.91. The second kappa shape index (κ2) is 8.26. The molecule has 0 spiro atoms. The fourth-order valence-electron chi connectivity index (χ4n) is 2.58. The number of aryl methyl sites for hydroxylation is 2. The molecule has 0 radical (unpaired) electrons. The summed E-state index contributed by atoms with van der Waals surface area (Å²) in [6.45, 7) is 3.54. The Labute approximate surface area is 166 Å². The number of non-ortho nitro benzene ring substituents is 1. The summed E-state index contributed by atoms with van der Waals surface area (Å²) in [6, 6.07) is 13.7. The number of amides is 2. The molecule has 0 saturated heterocycles. The molecule has 2 N–H and O–H groups in total. The number of carbonyl (C=O) groups excluding carboxylic acids is 2. The van der Waals surface area contributed by atoms with Crippen LogP contribution in [-0.4, -0.2) is 26.7 Å². The quantitative estimate of drug-likeness (QED) is 0.506. The molecule has 1 aromatic carbocycles. The molecule has 0 fully saturated rings. The van der Waals surface area contributed by atoms with Crippen molar-refractivity contribution in [1.82, 2.24) is 9.97 Å². The van der Waals surface area contributed by atoms with Crippen molar-refractivity contribution in [2.75, 3.05) is 10.6 Å². The first-order chi connectivity index (χ1) is 13.8. The fraction of sp³-hybridized carbons (Fsp3) is 0.100. The Morgan fingerprint density at radius 3 is 1.66 bits per heavy atom. The normalized spacial score (nSPS) is 10.3. The summed E-state index contributed by atoms with van der Waals surface area (Å²) in [5.74, 6) is -0.628. The third kappa shape index (κ3) is 4.98. The number of nitrogens with zero attached hydrogens (tertiary/aromatic N) is 3. The van der Waals surface area contributed by atoms with Gasteiger partial charge in [-0.3, -0.25) is 19.7 Å². The lowest BCUT2D eigenvalue weighted by molar-refractivity contribution is -0.384. The number of hydrogen-bond acceptors (Lipinski definition) is 6. The summed E-state index contributed by atoms with van der Waals surface area (Å²) in [7, 11) is 0. The second-order valence-corrected chi connectivity index (χ2v) is 6.26. The zero-order valence-corrected chi connectivity index (χ0v) is 15.7. The Hall–Kier alpha value is -4.14. The van der Waals surface area contributed by atoms with Crippen molar-refractivity contribution < 1.29 is 14.5 Å². The van der Waals surface area contributed by atoms with Crippen LogP contribution < -0.4 is 10.6 Å². The van der Waals surface area contributed by atoms with Gasteiger partial charge in [-0.05, 0) is 44.2 Å². The van der Waals surface area contributed by atoms with Gasteiger partial charge in [-0.1, -0.05) is 12.1 Å². The molecule has 9 heteroatoms. The van der Waals surface area contributed by atoms with Crippen molar-refractivity contribution in [3.63, 3.8) is 0 Å². The molecule has 0 aliphatic heterocycles. The van der Waals surface area contributed by atoms with Crippen LogP contribution in [0.15, 0.2) is 54.6 Å². The van der Waals surface area contributed by atoms with Crippen LogP contribution in [0.1, 0.15) is 32.1 Å². The van der Waals surface area contributed by atoms with E-state index in [1.165, 1.54) is 6.07 Å². The van der Waals surface area contributed by atoms with E-state index in [-0.39, 0.29) is 16.8 Å². The molecule has 0 saturated carbocycles. The zero-order valence-electron chi connectivity index (χ0n) is 15.7. The number of benzene rings is 1. The van der Waals surface area contributed by atoms with Gasteiger partial charge in [0.05, 0.1) is 4.92 Å². The molecule has 0 aliphatic rings. The van der Waals surface area contributed by atoms with E-state index in [2.05, 4.69) is 20.6 Å². The Morgan fingerprint density at radius 2 is 1.28 bits per heavy atom. The average Bonchev–Trinajstić information content (AvgIpc) is 2.67. The highest BCUT2D eigenvalue weighted by Crippen LogP contribution is 2.20. The Kier molecular flexibility index (Phi) is 5.59. The van der Waals surface area contributed by atoms with Crippen molar-refractivity contribution in [3.8, 4) is 0 Å². The standard InChI is InChI=1S/C20H17N5O4/c1-12-5-3-7-17(21-12)23-19(26)14-9-15(11-16(10-14)25(28)29)20(27)24-18-8-4-6-13(2)22-18/h3-11H,1-2H3,(H,21,23,26)(H,22,24,27). The molecule has 0 bridgehead atoms. The van der Waals surface area contributed by atoms with Gasteiger partial charge >= 0.3 is 0 Å². The van der Waals surface area contributed by atoms with Crippen molar-refractivity contribution in [3.05, 3.63) is 87.2 Å². The predicted octanol–water partition coefficient (Wildman–Crippen LogP) is 3.51. The summed E-state index contributed by atoms with van der Waals surface area (Å²) in [4.78, 5) is 44.1. The van der Waals surface area contributed by atoms with E-state index >= 15 is 0 Å². The van der Waals surface area contributed by atoms with Crippen molar-refractivity contribution >= 4 is 29.1 Å². The van der Waals surface area contributed by atoms with Crippen LogP contribution in [0.5, 0.6) is 0 Å². The number of aromatic nitrogens is 2. The summed E-state index contributed by atoms with van der Waals surface area (Å²) in [5.41, 5.74) is 0.951. The van der Waals surface area contributed by atoms with Gasteiger partial charge in [0, 0.05) is 34.6 Å². The van der Waals surface area contributed by atoms with E-state index in [4.69, 9.17) is 0 Å². The first kappa shape index (κ1) is 19.6. The van der Waals surface area contributed by atoms with Gasteiger partial charge < -0.3 is 10.6 Å². The van der Waals surface area contributed by atoms with Gasteiger partial charge in [-0.15, -0.1) is 0 Å².